The lowest BCUT2D eigenvalue weighted by molar-refractivity contribution is 0.0661. The van der Waals surface area contributed by atoms with Crippen molar-refractivity contribution in [3.63, 3.8) is 0 Å². The normalized spacial score (nSPS) is 23.7. The van der Waals surface area contributed by atoms with Crippen LogP contribution in [-0.2, 0) is 10.0 Å². The van der Waals surface area contributed by atoms with Gasteiger partial charge in [0.2, 0.25) is 15.8 Å². The van der Waals surface area contributed by atoms with Crippen molar-refractivity contribution in [2.45, 2.75) is 50.0 Å². The monoisotopic (exact) mass is 379 g/mol. The van der Waals surface area contributed by atoms with Crippen LogP contribution >= 0.6 is 15.9 Å². The third-order valence-corrected chi connectivity index (χ3v) is 6.17. The van der Waals surface area contributed by atoms with E-state index in [1.54, 1.807) is 0 Å². The number of aromatic carboxylic acids is 1. The quantitative estimate of drug-likeness (QED) is 0.783. The molecule has 0 radical (unpaired) electrons. The van der Waals surface area contributed by atoms with Crippen LogP contribution < -0.4 is 4.72 Å². The highest BCUT2D eigenvalue weighted by Gasteiger charge is 2.30. The number of halogens is 1. The minimum atomic E-state index is -3.81. The van der Waals surface area contributed by atoms with Crippen LogP contribution in [0.25, 0.3) is 0 Å². The summed E-state index contributed by atoms with van der Waals surface area (Å²) in [5, 5.41) is 8.86. The Morgan fingerprint density at radius 1 is 1.38 bits per heavy atom. The van der Waals surface area contributed by atoms with Gasteiger partial charge in [-0.3, -0.25) is 0 Å². The van der Waals surface area contributed by atoms with Gasteiger partial charge in [0, 0.05) is 12.1 Å². The fourth-order valence-corrected chi connectivity index (χ4v) is 4.89. The van der Waals surface area contributed by atoms with Crippen molar-refractivity contribution >= 4 is 31.9 Å². The lowest BCUT2D eigenvalue weighted by atomic mass is 9.98. The Labute approximate surface area is 132 Å². The van der Waals surface area contributed by atoms with E-state index in [9.17, 15) is 13.2 Å². The molecule has 118 valence electrons. The van der Waals surface area contributed by atoms with Gasteiger partial charge >= 0.3 is 5.97 Å². The lowest BCUT2D eigenvalue weighted by Crippen LogP contribution is -2.38. The lowest BCUT2D eigenvalue weighted by Gasteiger charge is -2.22. The highest BCUT2D eigenvalue weighted by molar-refractivity contribution is 9.10. The summed E-state index contributed by atoms with van der Waals surface area (Å²) in [5.74, 6) is -1.46. The van der Waals surface area contributed by atoms with Crippen molar-refractivity contribution in [3.8, 4) is 0 Å². The fourth-order valence-electron chi connectivity index (χ4n) is 2.57. The molecule has 1 saturated carbocycles. The van der Waals surface area contributed by atoms with Gasteiger partial charge in [-0.05, 0) is 34.7 Å². The molecule has 1 aromatic heterocycles. The Kier molecular flexibility index (Phi) is 5.11. The van der Waals surface area contributed by atoms with Gasteiger partial charge in [0.1, 0.15) is 4.90 Å². The number of sulfonamides is 1. The van der Waals surface area contributed by atoms with Crippen LogP contribution in [0.4, 0.5) is 0 Å². The first-order chi connectivity index (χ1) is 9.81. The molecule has 0 saturated heterocycles. The molecule has 8 heteroatoms. The highest BCUT2D eigenvalue weighted by atomic mass is 79.9. The number of carboxylic acid groups (broad SMARTS) is 1. The molecule has 2 rings (SSSR count). The molecule has 0 bridgehead atoms. The molecule has 1 heterocycles. The van der Waals surface area contributed by atoms with E-state index < -0.39 is 21.8 Å². The van der Waals surface area contributed by atoms with E-state index in [4.69, 9.17) is 9.52 Å². The summed E-state index contributed by atoms with van der Waals surface area (Å²) < 4.78 is 32.3. The second kappa shape index (κ2) is 6.50. The second-order valence-corrected chi connectivity index (χ2v) is 7.80. The van der Waals surface area contributed by atoms with Gasteiger partial charge in [0.15, 0.2) is 4.67 Å². The zero-order valence-corrected chi connectivity index (χ0v) is 14.0. The van der Waals surface area contributed by atoms with Crippen molar-refractivity contribution < 1.29 is 22.7 Å². The Balaban J connectivity index is 2.23. The largest absolute Gasteiger partial charge is 0.475 e. The second-order valence-electron chi connectivity index (χ2n) is 5.40. The molecule has 0 spiro atoms. The molecular weight excluding hydrogens is 362 g/mol. The third-order valence-electron chi connectivity index (χ3n) is 3.82. The van der Waals surface area contributed by atoms with E-state index in [0.717, 1.165) is 38.2 Å². The molecule has 0 aromatic carbocycles. The Bertz CT molecular complexity index is 625. The van der Waals surface area contributed by atoms with Crippen molar-refractivity contribution in [2.24, 2.45) is 5.92 Å². The van der Waals surface area contributed by atoms with Crippen LogP contribution in [0, 0.1) is 5.92 Å². The van der Waals surface area contributed by atoms with Crippen LogP contribution in [0.2, 0.25) is 0 Å². The predicted molar refractivity (Wildman–Crippen MR) is 79.7 cm³/mol. The first-order valence-corrected chi connectivity index (χ1v) is 9.14. The first kappa shape index (κ1) is 16.5. The van der Waals surface area contributed by atoms with Gasteiger partial charge in [0.05, 0.1) is 0 Å². The summed E-state index contributed by atoms with van der Waals surface area (Å²) >= 11 is 2.97. The van der Waals surface area contributed by atoms with E-state index in [1.807, 2.05) is 6.92 Å². The summed E-state index contributed by atoms with van der Waals surface area (Å²) in [4.78, 5) is 10.7. The summed E-state index contributed by atoms with van der Waals surface area (Å²) in [6, 6.07) is 0.892. The smallest absolute Gasteiger partial charge is 0.371 e. The van der Waals surface area contributed by atoms with Gasteiger partial charge in [-0.2, -0.15) is 0 Å². The van der Waals surface area contributed by atoms with Crippen molar-refractivity contribution in [2.75, 3.05) is 0 Å². The van der Waals surface area contributed by atoms with Crippen molar-refractivity contribution in [1.82, 2.24) is 4.72 Å². The number of carboxylic acids is 1. The fraction of sp³-hybridized carbons (Fsp3) is 0.615. The molecule has 2 atom stereocenters. The van der Waals surface area contributed by atoms with Crippen LogP contribution in [-0.4, -0.2) is 25.5 Å². The van der Waals surface area contributed by atoms with E-state index in [-0.39, 0.29) is 21.5 Å². The molecule has 2 unspecified atom stereocenters. The zero-order chi connectivity index (χ0) is 15.6. The summed E-state index contributed by atoms with van der Waals surface area (Å²) in [7, 11) is -3.81. The molecule has 1 aliphatic carbocycles. The van der Waals surface area contributed by atoms with Crippen LogP contribution in [0.15, 0.2) is 20.0 Å². The van der Waals surface area contributed by atoms with E-state index in [0.29, 0.717) is 0 Å². The predicted octanol–water partition coefficient (Wildman–Crippen LogP) is 2.99. The zero-order valence-electron chi connectivity index (χ0n) is 11.6. The molecule has 0 aliphatic heterocycles. The molecular formula is C13H18BrNO5S. The van der Waals surface area contributed by atoms with E-state index in [2.05, 4.69) is 20.7 Å². The molecule has 2 N–H and O–H groups in total. The Morgan fingerprint density at radius 2 is 2.05 bits per heavy atom. The van der Waals surface area contributed by atoms with Crippen LogP contribution in [0.3, 0.4) is 0 Å². The Morgan fingerprint density at radius 3 is 2.67 bits per heavy atom. The van der Waals surface area contributed by atoms with Crippen molar-refractivity contribution in [1.29, 1.82) is 0 Å². The van der Waals surface area contributed by atoms with E-state index in [1.165, 1.54) is 0 Å². The van der Waals surface area contributed by atoms with Gasteiger partial charge < -0.3 is 9.52 Å². The molecule has 6 nitrogen and oxygen atoms in total. The van der Waals surface area contributed by atoms with E-state index >= 15 is 0 Å². The summed E-state index contributed by atoms with van der Waals surface area (Å²) in [6.45, 7) is 2.03. The van der Waals surface area contributed by atoms with Gasteiger partial charge in [-0.1, -0.05) is 26.2 Å². The SMILES string of the molecule is CC1CCCCCC1NS(=O)(=O)c1cc(C(=O)O)oc1Br. The number of hydrogen-bond donors (Lipinski definition) is 2. The maximum atomic E-state index is 12.4. The van der Waals surface area contributed by atoms with Gasteiger partial charge in [-0.25, -0.2) is 17.9 Å². The number of rotatable bonds is 4. The average molecular weight is 380 g/mol. The maximum Gasteiger partial charge on any atom is 0.371 e. The molecule has 1 fully saturated rings. The third kappa shape index (κ3) is 3.87. The number of carbonyl (C=O) groups is 1. The molecule has 1 aromatic rings. The molecule has 1 aliphatic rings. The summed E-state index contributed by atoms with van der Waals surface area (Å²) in [5.41, 5.74) is 0. The van der Waals surface area contributed by atoms with Crippen molar-refractivity contribution in [3.05, 3.63) is 16.5 Å². The minimum Gasteiger partial charge on any atom is -0.475 e. The van der Waals surface area contributed by atoms with Crippen LogP contribution in [0.1, 0.15) is 49.6 Å². The topological polar surface area (TPSA) is 96.6 Å². The average Bonchev–Trinajstić information content (AvgIpc) is 2.69. The number of hydrogen-bond acceptors (Lipinski definition) is 4. The first-order valence-electron chi connectivity index (χ1n) is 6.86. The van der Waals surface area contributed by atoms with Crippen LogP contribution in [0.5, 0.6) is 0 Å². The highest BCUT2D eigenvalue weighted by Crippen LogP contribution is 2.29. The summed E-state index contributed by atoms with van der Waals surface area (Å²) in [6.07, 6.45) is 4.99. The van der Waals surface area contributed by atoms with Gasteiger partial charge in [-0.15, -0.1) is 0 Å². The van der Waals surface area contributed by atoms with Gasteiger partial charge in [0.25, 0.3) is 0 Å². The standard InChI is InChI=1S/C13H18BrNO5S/c1-8-5-3-2-4-6-9(8)15-21(18,19)11-7-10(13(16)17)20-12(11)14/h7-9,15H,2-6H2,1H3,(H,16,17). The maximum absolute atomic E-state index is 12.4. The number of nitrogens with one attached hydrogen (secondary N) is 1. The molecule has 21 heavy (non-hydrogen) atoms. The minimum absolute atomic E-state index is 0.0892. The molecule has 0 amide bonds. The number of furan rings is 1. The Hall–Kier alpha value is -0.860.